The molecule has 2 aliphatic carbocycles. The highest BCUT2D eigenvalue weighted by Gasteiger charge is 2.61. The number of morpholine rings is 1. The summed E-state index contributed by atoms with van der Waals surface area (Å²) in [5.41, 5.74) is -0.472. The van der Waals surface area contributed by atoms with Gasteiger partial charge in [-0.3, -0.25) is 24.1 Å². The average molecular weight is 920 g/mol. The maximum atomic E-state index is 15.1. The molecule has 356 valence electrons. The summed E-state index contributed by atoms with van der Waals surface area (Å²) in [6, 6.07) is 6.84. The molecule has 2 saturated carbocycles. The smallest absolute Gasteiger partial charge is 0.306 e. The van der Waals surface area contributed by atoms with E-state index in [0.717, 1.165) is 81.3 Å². The topological polar surface area (TPSA) is 174 Å². The van der Waals surface area contributed by atoms with Gasteiger partial charge in [0.15, 0.2) is 5.78 Å². The number of carbonyl (C=O) groups excluding carboxylic acids is 4. The minimum Gasteiger partial charge on any atom is -0.491 e. The van der Waals surface area contributed by atoms with Crippen molar-refractivity contribution in [2.24, 2.45) is 28.6 Å². The van der Waals surface area contributed by atoms with Crippen LogP contribution in [0.3, 0.4) is 0 Å². The normalized spacial score (nSPS) is 29.8. The second-order valence-corrected chi connectivity index (χ2v) is 22.0. The van der Waals surface area contributed by atoms with Crippen molar-refractivity contribution < 1.29 is 46.5 Å². The van der Waals surface area contributed by atoms with E-state index in [2.05, 4.69) is 16.2 Å². The Bertz CT molecular complexity index is 2200. The Balaban J connectivity index is 1.13. The Kier molecular flexibility index (Phi) is 14.6. The molecule has 2 aromatic rings. The van der Waals surface area contributed by atoms with E-state index in [4.69, 9.17) is 23.9 Å². The molecular weight excluding hydrogens is 851 g/mol. The van der Waals surface area contributed by atoms with Gasteiger partial charge in [-0.05, 0) is 87.2 Å². The van der Waals surface area contributed by atoms with Gasteiger partial charge in [-0.2, -0.15) is 12.7 Å². The van der Waals surface area contributed by atoms with Gasteiger partial charge in [-0.25, -0.2) is 9.71 Å². The first kappa shape index (κ1) is 47.4. The summed E-state index contributed by atoms with van der Waals surface area (Å²) >= 11 is 0. The van der Waals surface area contributed by atoms with Gasteiger partial charge in [0.2, 0.25) is 17.7 Å². The Morgan fingerprint density at radius 3 is 2.48 bits per heavy atom. The van der Waals surface area contributed by atoms with Crippen molar-refractivity contribution in [2.75, 3.05) is 59.1 Å². The van der Waals surface area contributed by atoms with Crippen LogP contribution in [0.5, 0.6) is 11.6 Å². The zero-order chi connectivity index (χ0) is 45.9. The van der Waals surface area contributed by atoms with Gasteiger partial charge in [0.25, 0.3) is 0 Å². The molecule has 0 spiro atoms. The summed E-state index contributed by atoms with van der Waals surface area (Å²) in [6.45, 7) is 14.6. The fraction of sp³-hybridized carbons (Fsp3) is 0.694. The molecule has 15 nitrogen and oxygen atoms in total. The first-order valence-electron chi connectivity index (χ1n) is 24.2. The molecule has 7 atom stereocenters. The van der Waals surface area contributed by atoms with Crippen molar-refractivity contribution >= 4 is 44.7 Å². The number of rotatable bonds is 11. The maximum absolute atomic E-state index is 15.1. The highest BCUT2D eigenvalue weighted by Crippen LogP contribution is 2.57. The monoisotopic (exact) mass is 919 g/mol. The Labute approximate surface area is 384 Å². The summed E-state index contributed by atoms with van der Waals surface area (Å²) in [4.78, 5) is 66.8. The summed E-state index contributed by atoms with van der Waals surface area (Å²) in [5.74, 6) is -1.78. The number of hydrogen-bond donors (Lipinski definition) is 1. The van der Waals surface area contributed by atoms with Gasteiger partial charge < -0.3 is 23.8 Å². The van der Waals surface area contributed by atoms with Crippen LogP contribution in [0.25, 0.3) is 10.9 Å². The van der Waals surface area contributed by atoms with Gasteiger partial charge in [-0.15, -0.1) is 6.58 Å². The molecule has 5 fully saturated rings. The van der Waals surface area contributed by atoms with E-state index in [9.17, 15) is 22.8 Å². The van der Waals surface area contributed by atoms with Crippen LogP contribution in [0.2, 0.25) is 0 Å². The Morgan fingerprint density at radius 1 is 0.985 bits per heavy atom. The molecule has 0 radical (unpaired) electrons. The van der Waals surface area contributed by atoms with E-state index in [1.54, 1.807) is 6.08 Å². The standard InChI is InChI=1S/C49H69N5O10S/c1-5-34-30-49(34,47(58)51-65(59,60)53-20-11-12-21-53)31-41(55)40-28-35-32-54(40)46(57)38(48(2,3)4)29-43(56)64-42-19-13-15-33(42)14-7-6-8-17-37-44(62-27-24-52-22-25-61-26-23-52)36-16-9-10-18-39(36)50-45(37)63-35/h5,9-10,16,18,33-35,38,40,42H,1,6-8,11-15,17,19-32H2,2-4H3,(H,51,58)/t33-,34-,35-,38-,40+,42-,49-/m1/s1. The van der Waals surface area contributed by atoms with Gasteiger partial charge in [0, 0.05) is 51.0 Å². The number of ketones is 1. The van der Waals surface area contributed by atoms with Crippen LogP contribution in [0, 0.1) is 28.6 Å². The fourth-order valence-electron chi connectivity index (χ4n) is 10.9. The van der Waals surface area contributed by atoms with Crippen molar-refractivity contribution in [3.8, 4) is 11.6 Å². The molecule has 1 N–H and O–H groups in total. The number of hydrogen-bond acceptors (Lipinski definition) is 12. The third-order valence-electron chi connectivity index (χ3n) is 14.9. The molecule has 2 amide bonds. The number of carbonyl (C=O) groups is 4. The first-order chi connectivity index (χ1) is 31.2. The zero-order valence-electron chi connectivity index (χ0n) is 38.6. The molecule has 4 aliphatic heterocycles. The highest BCUT2D eigenvalue weighted by molar-refractivity contribution is 7.87. The van der Waals surface area contributed by atoms with Crippen LogP contribution >= 0.6 is 0 Å². The number of pyridine rings is 1. The number of nitrogens with one attached hydrogen (secondary N) is 1. The lowest BCUT2D eigenvalue weighted by Crippen LogP contribution is -2.49. The Morgan fingerprint density at radius 2 is 1.74 bits per heavy atom. The second kappa shape index (κ2) is 20.0. The molecule has 16 heteroatoms. The molecule has 3 saturated heterocycles. The number of fused-ring (bicyclic) bond motifs is 5. The number of aromatic nitrogens is 1. The van der Waals surface area contributed by atoms with Crippen LogP contribution < -0.4 is 14.2 Å². The number of ether oxygens (including phenoxy) is 4. The van der Waals surface area contributed by atoms with Crippen molar-refractivity contribution in [2.45, 2.75) is 129 Å². The lowest BCUT2D eigenvalue weighted by atomic mass is 9.77. The van der Waals surface area contributed by atoms with Crippen molar-refractivity contribution in [3.05, 3.63) is 42.5 Å². The third-order valence-corrected chi connectivity index (χ3v) is 16.4. The molecule has 1 aromatic carbocycles. The number of Topliss-reactive ketones (excluding diaryl/α,β-unsaturated/α-hetero) is 1. The van der Waals surface area contributed by atoms with Gasteiger partial charge in [0.1, 0.15) is 24.6 Å². The maximum Gasteiger partial charge on any atom is 0.306 e. The number of allylic oxidation sites excluding steroid dienone is 1. The zero-order valence-corrected chi connectivity index (χ0v) is 39.4. The minimum atomic E-state index is -4.11. The predicted molar refractivity (Wildman–Crippen MR) is 244 cm³/mol. The van der Waals surface area contributed by atoms with E-state index >= 15 is 4.79 Å². The lowest BCUT2D eigenvalue weighted by Gasteiger charge is -2.35. The van der Waals surface area contributed by atoms with Crippen molar-refractivity contribution in [3.63, 3.8) is 0 Å². The fourth-order valence-corrected chi connectivity index (χ4v) is 12.2. The molecule has 8 rings (SSSR count). The van der Waals surface area contributed by atoms with E-state index in [1.165, 1.54) is 9.21 Å². The van der Waals surface area contributed by atoms with E-state index < -0.39 is 56.9 Å². The van der Waals surface area contributed by atoms with Gasteiger partial charge in [-0.1, -0.05) is 51.8 Å². The average Bonchev–Trinajstić information content (AvgIpc) is 3.71. The van der Waals surface area contributed by atoms with Crippen LogP contribution in [0.4, 0.5) is 0 Å². The highest BCUT2D eigenvalue weighted by atomic mass is 32.2. The molecule has 2 bridgehead atoms. The quantitative estimate of drug-likeness (QED) is 0.213. The largest absolute Gasteiger partial charge is 0.491 e. The summed E-state index contributed by atoms with van der Waals surface area (Å²) in [5, 5.41) is 0.885. The number of para-hydroxylation sites is 1. The minimum absolute atomic E-state index is 0.0379. The van der Waals surface area contributed by atoms with Crippen molar-refractivity contribution in [1.29, 1.82) is 0 Å². The molecular formula is C49H69N5O10S. The van der Waals surface area contributed by atoms with Crippen LogP contribution in [-0.4, -0.2) is 128 Å². The van der Waals surface area contributed by atoms with E-state index in [-0.39, 0.29) is 55.9 Å². The molecule has 5 heterocycles. The van der Waals surface area contributed by atoms with Crippen molar-refractivity contribution in [1.82, 2.24) is 23.8 Å². The summed E-state index contributed by atoms with van der Waals surface area (Å²) in [7, 11) is -4.11. The number of benzene rings is 1. The SMILES string of the molecule is C=C[C@@H]1C[C@]1(CC(=O)[C@@H]1C[C@@H]2CN1C(=O)[C@H](C(C)(C)C)CC(=O)O[C@@H]1CCC[C@H]1CCCCCc1c(nc3ccccc3c1OCCN1CCOCC1)O2)C(=O)NS(=O)(=O)N1CCCC1. The van der Waals surface area contributed by atoms with Gasteiger partial charge in [0.05, 0.1) is 54.6 Å². The first-order valence-corrected chi connectivity index (χ1v) is 25.6. The van der Waals surface area contributed by atoms with E-state index in [0.29, 0.717) is 63.6 Å². The van der Waals surface area contributed by atoms with Crippen LogP contribution in [0.1, 0.15) is 110 Å². The van der Waals surface area contributed by atoms with Crippen LogP contribution in [0.15, 0.2) is 36.9 Å². The molecule has 65 heavy (non-hydrogen) atoms. The molecule has 0 unspecified atom stereocenters. The number of esters is 1. The third kappa shape index (κ3) is 10.7. The number of amides is 2. The number of nitrogens with zero attached hydrogens (tertiary/aromatic N) is 4. The van der Waals surface area contributed by atoms with E-state index in [1.807, 2.05) is 45.0 Å². The lowest BCUT2D eigenvalue weighted by molar-refractivity contribution is -0.158. The Hall–Kier alpha value is -4.12. The predicted octanol–water partition coefficient (Wildman–Crippen LogP) is 5.78. The molecule has 1 aromatic heterocycles. The molecule has 6 aliphatic rings. The second-order valence-electron chi connectivity index (χ2n) is 20.4. The van der Waals surface area contributed by atoms with Gasteiger partial charge >= 0.3 is 16.2 Å². The summed E-state index contributed by atoms with van der Waals surface area (Å²) in [6.07, 6.45) is 9.16. The van der Waals surface area contributed by atoms with Crippen LogP contribution in [-0.2, 0) is 45.3 Å². The summed E-state index contributed by atoms with van der Waals surface area (Å²) < 4.78 is 55.5.